The van der Waals surface area contributed by atoms with Crippen molar-refractivity contribution >= 4 is 24.9 Å². The zero-order chi connectivity index (χ0) is 9.84. The number of halogens is 1. The molecule has 0 amide bonds. The van der Waals surface area contributed by atoms with Gasteiger partial charge in [0.25, 0.3) is 0 Å². The molecule has 0 spiro atoms. The number of benzene rings is 1. The van der Waals surface area contributed by atoms with Crippen LogP contribution in [-0.4, -0.2) is 22.1 Å². The second-order valence-electron chi connectivity index (χ2n) is 2.55. The Morgan fingerprint density at radius 3 is 2.00 bits per heavy atom. The van der Waals surface area contributed by atoms with E-state index in [-0.39, 0.29) is 0 Å². The SMILES string of the molecule is [B]c1c(OC)cc(CCl)cc1OC. The van der Waals surface area contributed by atoms with Crippen molar-refractivity contribution in [1.29, 1.82) is 0 Å². The molecule has 0 bridgehead atoms. The molecule has 13 heavy (non-hydrogen) atoms. The van der Waals surface area contributed by atoms with E-state index >= 15 is 0 Å². The summed E-state index contributed by atoms with van der Waals surface area (Å²) in [7, 11) is 8.85. The molecular weight excluding hydrogens is 186 g/mol. The third-order valence-electron chi connectivity index (χ3n) is 1.76. The molecule has 0 saturated heterocycles. The van der Waals surface area contributed by atoms with E-state index in [0.717, 1.165) is 5.56 Å². The fraction of sp³-hybridized carbons (Fsp3) is 0.333. The van der Waals surface area contributed by atoms with E-state index in [0.29, 0.717) is 22.8 Å². The first-order chi connectivity index (χ1) is 6.22. The molecule has 0 saturated carbocycles. The summed E-state index contributed by atoms with van der Waals surface area (Å²) >= 11 is 5.69. The van der Waals surface area contributed by atoms with Crippen molar-refractivity contribution in [2.24, 2.45) is 0 Å². The lowest BCUT2D eigenvalue weighted by Crippen LogP contribution is -2.11. The zero-order valence-electron chi connectivity index (χ0n) is 7.63. The zero-order valence-corrected chi connectivity index (χ0v) is 8.39. The lowest BCUT2D eigenvalue weighted by Gasteiger charge is -2.11. The summed E-state index contributed by atoms with van der Waals surface area (Å²) in [4.78, 5) is 0. The molecule has 1 aromatic carbocycles. The van der Waals surface area contributed by atoms with E-state index in [2.05, 4.69) is 0 Å². The van der Waals surface area contributed by atoms with Gasteiger partial charge in [0, 0.05) is 5.88 Å². The Kier molecular flexibility index (Phi) is 3.49. The molecule has 1 rings (SSSR count). The molecule has 4 heteroatoms. The van der Waals surface area contributed by atoms with Crippen LogP contribution in [0, 0.1) is 0 Å². The molecule has 0 atom stereocenters. The maximum absolute atomic E-state index is 5.73. The first-order valence-corrected chi connectivity index (χ1v) is 4.32. The number of rotatable bonds is 3. The van der Waals surface area contributed by atoms with Gasteiger partial charge >= 0.3 is 0 Å². The van der Waals surface area contributed by atoms with Crippen molar-refractivity contribution in [3.8, 4) is 11.5 Å². The summed E-state index contributed by atoms with van der Waals surface area (Å²) < 4.78 is 10.1. The monoisotopic (exact) mass is 196 g/mol. The molecular formula is C9H10BClO2. The quantitative estimate of drug-likeness (QED) is 0.535. The number of hydrogen-bond donors (Lipinski definition) is 0. The van der Waals surface area contributed by atoms with Crippen LogP contribution in [0.5, 0.6) is 11.5 Å². The average Bonchev–Trinajstić information content (AvgIpc) is 2.18. The van der Waals surface area contributed by atoms with Crippen LogP contribution in [-0.2, 0) is 5.88 Å². The predicted molar refractivity (Wildman–Crippen MR) is 54.5 cm³/mol. The third kappa shape index (κ3) is 2.10. The fourth-order valence-electron chi connectivity index (χ4n) is 1.07. The van der Waals surface area contributed by atoms with Gasteiger partial charge in [0.1, 0.15) is 19.3 Å². The first-order valence-electron chi connectivity index (χ1n) is 3.79. The van der Waals surface area contributed by atoms with Crippen LogP contribution in [0.25, 0.3) is 0 Å². The van der Waals surface area contributed by atoms with E-state index in [4.69, 9.17) is 28.9 Å². The summed E-state index contributed by atoms with van der Waals surface area (Å²) in [5, 5.41) is 0. The molecule has 68 valence electrons. The normalized spacial score (nSPS) is 9.77. The van der Waals surface area contributed by atoms with Crippen molar-refractivity contribution in [2.45, 2.75) is 5.88 Å². The van der Waals surface area contributed by atoms with Gasteiger partial charge in [-0.3, -0.25) is 0 Å². The van der Waals surface area contributed by atoms with Gasteiger partial charge in [-0.1, -0.05) is 0 Å². The van der Waals surface area contributed by atoms with Crippen LogP contribution in [0.2, 0.25) is 0 Å². The predicted octanol–water partition coefficient (Wildman–Crippen LogP) is 1.24. The highest BCUT2D eigenvalue weighted by Crippen LogP contribution is 2.19. The molecule has 0 N–H and O–H groups in total. The highest BCUT2D eigenvalue weighted by molar-refractivity contribution is 6.36. The molecule has 2 radical (unpaired) electrons. The van der Waals surface area contributed by atoms with Crippen LogP contribution in [0.4, 0.5) is 0 Å². The van der Waals surface area contributed by atoms with E-state index in [1.807, 2.05) is 0 Å². The molecule has 0 aliphatic heterocycles. The Morgan fingerprint density at radius 1 is 1.23 bits per heavy atom. The summed E-state index contributed by atoms with van der Waals surface area (Å²) in [6.45, 7) is 0. The Hall–Kier alpha value is -0.825. The topological polar surface area (TPSA) is 18.5 Å². The summed E-state index contributed by atoms with van der Waals surface area (Å²) in [6.07, 6.45) is 0. The second-order valence-corrected chi connectivity index (χ2v) is 2.81. The lowest BCUT2D eigenvalue weighted by molar-refractivity contribution is 0.400. The van der Waals surface area contributed by atoms with Gasteiger partial charge in [-0.25, -0.2) is 0 Å². The summed E-state index contributed by atoms with van der Waals surface area (Å²) in [6, 6.07) is 3.59. The van der Waals surface area contributed by atoms with Crippen LogP contribution in [0.1, 0.15) is 5.56 Å². The molecule has 0 unspecified atom stereocenters. The van der Waals surface area contributed by atoms with E-state index < -0.39 is 0 Å². The molecule has 0 aliphatic carbocycles. The van der Waals surface area contributed by atoms with Crippen LogP contribution in [0.3, 0.4) is 0 Å². The highest BCUT2D eigenvalue weighted by atomic mass is 35.5. The highest BCUT2D eigenvalue weighted by Gasteiger charge is 2.06. The minimum atomic E-state index is 0.410. The molecule has 0 aromatic heterocycles. The molecule has 0 fully saturated rings. The van der Waals surface area contributed by atoms with Gasteiger partial charge in [-0.15, -0.1) is 11.6 Å². The summed E-state index contributed by atoms with van der Waals surface area (Å²) in [5.74, 6) is 1.59. The minimum Gasteiger partial charge on any atom is -0.497 e. The molecule has 0 aliphatic rings. The number of ether oxygens (including phenoxy) is 2. The number of hydrogen-bond acceptors (Lipinski definition) is 2. The van der Waals surface area contributed by atoms with Gasteiger partial charge in [0.2, 0.25) is 0 Å². The fourth-order valence-corrected chi connectivity index (χ4v) is 1.22. The number of alkyl halides is 1. The second kappa shape index (κ2) is 4.42. The van der Waals surface area contributed by atoms with E-state index in [9.17, 15) is 0 Å². The largest absolute Gasteiger partial charge is 0.497 e. The van der Waals surface area contributed by atoms with Crippen molar-refractivity contribution in [3.05, 3.63) is 17.7 Å². The Morgan fingerprint density at radius 2 is 1.69 bits per heavy atom. The maximum atomic E-state index is 5.73. The molecule has 0 heterocycles. The van der Waals surface area contributed by atoms with E-state index in [1.165, 1.54) is 0 Å². The number of methoxy groups -OCH3 is 2. The van der Waals surface area contributed by atoms with Gasteiger partial charge < -0.3 is 9.47 Å². The lowest BCUT2D eigenvalue weighted by atomic mass is 9.92. The van der Waals surface area contributed by atoms with Gasteiger partial charge in [-0.2, -0.15) is 0 Å². The Bertz CT molecular complexity index is 277. The summed E-state index contributed by atoms with van der Waals surface area (Å²) in [5.41, 5.74) is 1.42. The standard InChI is InChI=1S/C9H10BClO2/c1-12-7-3-6(5-11)4-8(13-2)9(7)10/h3-4H,5H2,1-2H3. The van der Waals surface area contributed by atoms with Crippen LogP contribution in [0.15, 0.2) is 12.1 Å². The average molecular weight is 196 g/mol. The minimum absolute atomic E-state index is 0.410. The van der Waals surface area contributed by atoms with E-state index in [1.54, 1.807) is 26.4 Å². The first kappa shape index (κ1) is 10.3. The van der Waals surface area contributed by atoms with Crippen LogP contribution < -0.4 is 14.9 Å². The Balaban J connectivity index is 3.20. The van der Waals surface area contributed by atoms with Crippen molar-refractivity contribution in [2.75, 3.05) is 14.2 Å². The maximum Gasteiger partial charge on any atom is 0.124 e. The third-order valence-corrected chi connectivity index (χ3v) is 2.07. The van der Waals surface area contributed by atoms with Gasteiger partial charge in [0.15, 0.2) is 0 Å². The van der Waals surface area contributed by atoms with Crippen molar-refractivity contribution in [1.82, 2.24) is 0 Å². The smallest absolute Gasteiger partial charge is 0.124 e. The van der Waals surface area contributed by atoms with Crippen molar-refractivity contribution in [3.63, 3.8) is 0 Å². The van der Waals surface area contributed by atoms with Gasteiger partial charge in [0.05, 0.1) is 14.2 Å². The van der Waals surface area contributed by atoms with Crippen molar-refractivity contribution < 1.29 is 9.47 Å². The Labute approximate surface area is 84.2 Å². The molecule has 1 aromatic rings. The molecule has 2 nitrogen and oxygen atoms in total. The van der Waals surface area contributed by atoms with Crippen LogP contribution >= 0.6 is 11.6 Å². The van der Waals surface area contributed by atoms with Gasteiger partial charge in [-0.05, 0) is 23.2 Å².